The van der Waals surface area contributed by atoms with Crippen LogP contribution in [0.15, 0.2) is 0 Å². The van der Waals surface area contributed by atoms with Gasteiger partial charge in [0, 0.05) is 13.1 Å². The molecule has 0 rings (SSSR count). The zero-order chi connectivity index (χ0) is 11.1. The van der Waals surface area contributed by atoms with Crippen molar-refractivity contribution < 1.29 is 9.90 Å². The molecule has 0 aliphatic rings. The molecule has 3 N–H and O–H groups in total. The molecule has 0 fully saturated rings. The van der Waals surface area contributed by atoms with Crippen LogP contribution in [0.1, 0.15) is 27.7 Å². The number of aliphatic hydroxyl groups excluding tert-OH is 1. The minimum atomic E-state index is -0.421. The van der Waals surface area contributed by atoms with Gasteiger partial charge in [-0.2, -0.15) is 0 Å². The van der Waals surface area contributed by atoms with E-state index in [2.05, 4.69) is 10.6 Å². The molecule has 0 aromatic heterocycles. The largest absolute Gasteiger partial charge is 0.392 e. The molecule has 14 heavy (non-hydrogen) atoms. The summed E-state index contributed by atoms with van der Waals surface area (Å²) in [6.45, 7) is 8.71. The van der Waals surface area contributed by atoms with Crippen molar-refractivity contribution in [1.82, 2.24) is 10.6 Å². The van der Waals surface area contributed by atoms with Crippen molar-refractivity contribution in [3.05, 3.63) is 0 Å². The van der Waals surface area contributed by atoms with E-state index in [1.165, 1.54) is 0 Å². The second kappa shape index (κ2) is 6.79. The first kappa shape index (κ1) is 13.4. The molecule has 0 aliphatic carbocycles. The first-order valence-corrected chi connectivity index (χ1v) is 5.12. The summed E-state index contributed by atoms with van der Waals surface area (Å²) in [5.74, 6) is 0.447. The molecule has 0 aromatic rings. The van der Waals surface area contributed by atoms with Crippen molar-refractivity contribution >= 4 is 5.91 Å². The standard InChI is InChI=1S/C10H22N2O2/c1-7(2)5-12-10(14)9(4)11-6-8(3)13/h7-9,11,13H,5-6H2,1-4H3,(H,12,14). The second-order valence-electron chi connectivity index (χ2n) is 4.12. The van der Waals surface area contributed by atoms with Gasteiger partial charge in [-0.1, -0.05) is 13.8 Å². The van der Waals surface area contributed by atoms with E-state index in [1.54, 1.807) is 13.8 Å². The van der Waals surface area contributed by atoms with E-state index in [0.717, 1.165) is 0 Å². The van der Waals surface area contributed by atoms with Crippen LogP contribution in [0.3, 0.4) is 0 Å². The predicted molar refractivity (Wildman–Crippen MR) is 57.0 cm³/mol. The fourth-order valence-electron chi connectivity index (χ4n) is 0.898. The fourth-order valence-corrected chi connectivity index (χ4v) is 0.898. The highest BCUT2D eigenvalue weighted by Gasteiger charge is 2.12. The summed E-state index contributed by atoms with van der Waals surface area (Å²) in [4.78, 5) is 11.4. The smallest absolute Gasteiger partial charge is 0.236 e. The number of hydrogen-bond donors (Lipinski definition) is 3. The maximum Gasteiger partial charge on any atom is 0.236 e. The number of amides is 1. The molecule has 1 amide bonds. The van der Waals surface area contributed by atoms with E-state index in [9.17, 15) is 4.79 Å². The lowest BCUT2D eigenvalue weighted by Gasteiger charge is -2.15. The summed E-state index contributed by atoms with van der Waals surface area (Å²) in [6, 6.07) is -0.247. The zero-order valence-electron chi connectivity index (χ0n) is 9.50. The first-order chi connectivity index (χ1) is 6.43. The van der Waals surface area contributed by atoms with Gasteiger partial charge in [-0.15, -0.1) is 0 Å². The van der Waals surface area contributed by atoms with Crippen molar-refractivity contribution in [3.63, 3.8) is 0 Å². The van der Waals surface area contributed by atoms with E-state index in [-0.39, 0.29) is 11.9 Å². The summed E-state index contributed by atoms with van der Waals surface area (Å²) in [5.41, 5.74) is 0. The van der Waals surface area contributed by atoms with Gasteiger partial charge in [0.1, 0.15) is 0 Å². The number of carbonyl (C=O) groups excluding carboxylic acids is 1. The van der Waals surface area contributed by atoms with Gasteiger partial charge in [-0.05, 0) is 19.8 Å². The first-order valence-electron chi connectivity index (χ1n) is 5.12. The molecular weight excluding hydrogens is 180 g/mol. The molecule has 2 unspecified atom stereocenters. The Hall–Kier alpha value is -0.610. The van der Waals surface area contributed by atoms with E-state index in [0.29, 0.717) is 19.0 Å². The molecule has 0 saturated carbocycles. The van der Waals surface area contributed by atoms with Crippen molar-refractivity contribution in [2.24, 2.45) is 5.92 Å². The molecule has 84 valence electrons. The average molecular weight is 202 g/mol. The number of carbonyl (C=O) groups is 1. The van der Waals surface area contributed by atoms with Gasteiger partial charge < -0.3 is 15.7 Å². The maximum atomic E-state index is 11.4. The molecule has 0 heterocycles. The van der Waals surface area contributed by atoms with E-state index in [4.69, 9.17) is 5.11 Å². The Labute approximate surface area is 86.1 Å². The molecule has 4 nitrogen and oxygen atoms in total. The number of nitrogens with one attached hydrogen (secondary N) is 2. The normalized spacial score (nSPS) is 15.3. The summed E-state index contributed by atoms with van der Waals surface area (Å²) in [6.07, 6.45) is -0.421. The van der Waals surface area contributed by atoms with Gasteiger partial charge in [-0.3, -0.25) is 4.79 Å². The molecule has 0 aliphatic heterocycles. The molecule has 0 saturated heterocycles. The number of rotatable bonds is 6. The molecule has 0 radical (unpaired) electrons. The van der Waals surface area contributed by atoms with Gasteiger partial charge in [0.15, 0.2) is 0 Å². The fraction of sp³-hybridized carbons (Fsp3) is 0.900. The van der Waals surface area contributed by atoms with Gasteiger partial charge in [0.2, 0.25) is 5.91 Å². The highest BCUT2D eigenvalue weighted by Crippen LogP contribution is 1.89. The summed E-state index contributed by atoms with van der Waals surface area (Å²) in [5, 5.41) is 14.8. The third-order valence-corrected chi connectivity index (χ3v) is 1.80. The molecule has 2 atom stereocenters. The minimum Gasteiger partial charge on any atom is -0.392 e. The maximum absolute atomic E-state index is 11.4. The van der Waals surface area contributed by atoms with Gasteiger partial charge in [-0.25, -0.2) is 0 Å². The summed E-state index contributed by atoms with van der Waals surface area (Å²) < 4.78 is 0. The second-order valence-corrected chi connectivity index (χ2v) is 4.12. The molecule has 4 heteroatoms. The van der Waals surface area contributed by atoms with Crippen molar-refractivity contribution in [2.45, 2.75) is 39.8 Å². The topological polar surface area (TPSA) is 61.4 Å². The monoisotopic (exact) mass is 202 g/mol. The van der Waals surface area contributed by atoms with Crippen LogP contribution in [0.5, 0.6) is 0 Å². The molecular formula is C10H22N2O2. The van der Waals surface area contributed by atoms with Crippen LogP contribution in [-0.4, -0.2) is 36.2 Å². The lowest BCUT2D eigenvalue weighted by atomic mass is 10.2. The minimum absolute atomic E-state index is 0.0145. The van der Waals surface area contributed by atoms with Crippen LogP contribution in [-0.2, 0) is 4.79 Å². The summed E-state index contributed by atoms with van der Waals surface area (Å²) in [7, 11) is 0. The Kier molecular flexibility index (Phi) is 6.49. The van der Waals surface area contributed by atoms with Crippen LogP contribution in [0.4, 0.5) is 0 Å². The van der Waals surface area contributed by atoms with E-state index >= 15 is 0 Å². The number of aliphatic hydroxyl groups is 1. The highest BCUT2D eigenvalue weighted by atomic mass is 16.3. The molecule has 0 spiro atoms. The Morgan fingerprint density at radius 2 is 1.79 bits per heavy atom. The van der Waals surface area contributed by atoms with Crippen LogP contribution in [0.2, 0.25) is 0 Å². The Balaban J connectivity index is 3.65. The zero-order valence-corrected chi connectivity index (χ0v) is 9.50. The average Bonchev–Trinajstić information content (AvgIpc) is 2.09. The van der Waals surface area contributed by atoms with Crippen LogP contribution in [0.25, 0.3) is 0 Å². The summed E-state index contributed by atoms with van der Waals surface area (Å²) >= 11 is 0. The van der Waals surface area contributed by atoms with Gasteiger partial charge in [0.25, 0.3) is 0 Å². The molecule has 0 aromatic carbocycles. The van der Waals surface area contributed by atoms with Crippen LogP contribution < -0.4 is 10.6 Å². The van der Waals surface area contributed by atoms with Crippen LogP contribution >= 0.6 is 0 Å². The lowest BCUT2D eigenvalue weighted by molar-refractivity contribution is -0.122. The Bertz CT molecular complexity index is 170. The highest BCUT2D eigenvalue weighted by molar-refractivity contribution is 5.81. The number of hydrogen-bond acceptors (Lipinski definition) is 3. The SMILES string of the molecule is CC(C)CNC(=O)C(C)NCC(C)O. The van der Waals surface area contributed by atoms with Crippen molar-refractivity contribution in [3.8, 4) is 0 Å². The third-order valence-electron chi connectivity index (χ3n) is 1.80. The van der Waals surface area contributed by atoms with E-state index < -0.39 is 6.10 Å². The Morgan fingerprint density at radius 1 is 1.21 bits per heavy atom. The Morgan fingerprint density at radius 3 is 2.21 bits per heavy atom. The molecule has 0 bridgehead atoms. The van der Waals surface area contributed by atoms with Gasteiger partial charge in [0.05, 0.1) is 12.1 Å². The lowest BCUT2D eigenvalue weighted by Crippen LogP contribution is -2.45. The predicted octanol–water partition coefficient (Wildman–Crippen LogP) is 0.118. The third kappa shape index (κ3) is 6.86. The van der Waals surface area contributed by atoms with E-state index in [1.807, 2.05) is 13.8 Å². The van der Waals surface area contributed by atoms with Crippen LogP contribution in [0, 0.1) is 5.92 Å². The van der Waals surface area contributed by atoms with Crippen molar-refractivity contribution in [1.29, 1.82) is 0 Å². The quantitative estimate of drug-likeness (QED) is 0.573. The van der Waals surface area contributed by atoms with Gasteiger partial charge >= 0.3 is 0 Å². The van der Waals surface area contributed by atoms with Crippen molar-refractivity contribution in [2.75, 3.05) is 13.1 Å².